The number of nitrogens with one attached hydrogen (secondary N) is 1. The van der Waals surface area contributed by atoms with E-state index in [2.05, 4.69) is 16.4 Å². The van der Waals surface area contributed by atoms with Crippen LogP contribution in [0.3, 0.4) is 0 Å². The molecular weight excluding hydrogens is 462 g/mol. The summed E-state index contributed by atoms with van der Waals surface area (Å²) < 4.78 is 19.1. The Kier molecular flexibility index (Phi) is 5.95. The Hall–Kier alpha value is -2.04. The van der Waals surface area contributed by atoms with E-state index in [9.17, 15) is 0 Å². The van der Waals surface area contributed by atoms with Crippen LogP contribution in [-0.4, -0.2) is 66.8 Å². The lowest BCUT2D eigenvalue weighted by atomic mass is 10.1. The molecule has 0 bridgehead atoms. The smallest absolute Gasteiger partial charge is 0.228 e. The van der Waals surface area contributed by atoms with E-state index in [1.807, 2.05) is 51.0 Å². The van der Waals surface area contributed by atoms with Gasteiger partial charge in [0.15, 0.2) is 5.79 Å². The lowest BCUT2D eigenvalue weighted by Crippen LogP contribution is -2.35. The number of hydrogen-bond acceptors (Lipinski definition) is 9. The van der Waals surface area contributed by atoms with Crippen LogP contribution in [-0.2, 0) is 14.2 Å². The van der Waals surface area contributed by atoms with E-state index < -0.39 is 5.79 Å². The second-order valence-corrected chi connectivity index (χ2v) is 10.6. The monoisotopic (exact) mass is 489 g/mol. The van der Waals surface area contributed by atoms with Gasteiger partial charge in [0.05, 0.1) is 34.5 Å². The van der Waals surface area contributed by atoms with E-state index >= 15 is 0 Å². The zero-order valence-electron chi connectivity index (χ0n) is 19.3. The molecule has 1 aromatic carbocycles. The summed E-state index contributed by atoms with van der Waals surface area (Å²) in [4.78, 5) is 16.0. The van der Waals surface area contributed by atoms with Gasteiger partial charge < -0.3 is 24.4 Å². The van der Waals surface area contributed by atoms with Crippen LogP contribution in [0.5, 0.6) is 0 Å². The lowest BCUT2D eigenvalue weighted by Gasteiger charge is -2.25. The van der Waals surface area contributed by atoms with Crippen molar-refractivity contribution in [2.45, 2.75) is 44.3 Å². The molecule has 176 valence electrons. The van der Waals surface area contributed by atoms with Crippen molar-refractivity contribution in [3.63, 3.8) is 0 Å². The van der Waals surface area contributed by atoms with Crippen molar-refractivity contribution in [2.75, 3.05) is 38.0 Å². The molecular formula is C23H28ClN5O3S. The number of rotatable bonds is 6. The van der Waals surface area contributed by atoms with Crippen LogP contribution < -0.4 is 10.2 Å². The average molecular weight is 490 g/mol. The minimum absolute atomic E-state index is 0.0222. The van der Waals surface area contributed by atoms with Gasteiger partial charge in [-0.2, -0.15) is 4.98 Å². The van der Waals surface area contributed by atoms with Crippen LogP contribution in [0.1, 0.15) is 20.3 Å². The van der Waals surface area contributed by atoms with Crippen molar-refractivity contribution < 1.29 is 14.2 Å². The molecule has 2 aromatic heterocycles. The highest BCUT2D eigenvalue weighted by atomic mass is 35.5. The first kappa shape index (κ1) is 22.7. The summed E-state index contributed by atoms with van der Waals surface area (Å²) in [6, 6.07) is 8.01. The Morgan fingerprint density at radius 3 is 2.67 bits per heavy atom. The second kappa shape index (κ2) is 8.63. The fourth-order valence-electron chi connectivity index (χ4n) is 4.68. The highest BCUT2D eigenvalue weighted by molar-refractivity contribution is 7.21. The zero-order valence-corrected chi connectivity index (χ0v) is 20.9. The molecule has 3 aromatic rings. The molecule has 1 aliphatic carbocycles. The van der Waals surface area contributed by atoms with Crippen LogP contribution in [0.4, 0.5) is 11.8 Å². The number of thiazole rings is 1. The van der Waals surface area contributed by atoms with E-state index in [0.29, 0.717) is 29.1 Å². The Bertz CT molecular complexity index is 1140. The largest absolute Gasteiger partial charge is 0.384 e. The van der Waals surface area contributed by atoms with Crippen molar-refractivity contribution in [3.8, 4) is 10.6 Å². The molecule has 1 aliphatic heterocycles. The number of benzene rings is 1. The SMILES string of the molecule is COC[C@H]1C[C@@H](Nc2nc(N(C)C)nc(Cl)c2-c2nc3ccccc3s2)[C@@H]2OC(C)(C)O[C@H]12. The molecule has 0 radical (unpaired) electrons. The third-order valence-corrected chi connectivity index (χ3v) is 7.37. The maximum absolute atomic E-state index is 6.73. The van der Waals surface area contributed by atoms with Crippen molar-refractivity contribution in [1.82, 2.24) is 15.0 Å². The molecule has 2 fully saturated rings. The van der Waals surface area contributed by atoms with Gasteiger partial charge in [-0.05, 0) is 32.4 Å². The summed E-state index contributed by atoms with van der Waals surface area (Å²) in [5, 5.41) is 4.77. The lowest BCUT2D eigenvalue weighted by molar-refractivity contribution is -0.159. The quantitative estimate of drug-likeness (QED) is 0.509. The summed E-state index contributed by atoms with van der Waals surface area (Å²) in [6.45, 7) is 4.51. The molecule has 8 nitrogen and oxygen atoms in total. The number of halogens is 1. The first-order valence-corrected chi connectivity index (χ1v) is 12.2. The number of aromatic nitrogens is 3. The van der Waals surface area contributed by atoms with Gasteiger partial charge in [-0.15, -0.1) is 11.3 Å². The Balaban J connectivity index is 1.55. The van der Waals surface area contributed by atoms with Crippen LogP contribution in [0.25, 0.3) is 20.8 Å². The number of anilines is 2. The van der Waals surface area contributed by atoms with Crippen LogP contribution in [0.15, 0.2) is 24.3 Å². The fraction of sp³-hybridized carbons (Fsp3) is 0.522. The van der Waals surface area contributed by atoms with E-state index in [0.717, 1.165) is 21.6 Å². The predicted molar refractivity (Wildman–Crippen MR) is 131 cm³/mol. The minimum Gasteiger partial charge on any atom is -0.384 e. The van der Waals surface area contributed by atoms with Gasteiger partial charge in [-0.3, -0.25) is 0 Å². The molecule has 0 unspecified atom stereocenters. The fourth-order valence-corrected chi connectivity index (χ4v) is 6.00. The van der Waals surface area contributed by atoms with Gasteiger partial charge in [0, 0.05) is 27.1 Å². The molecule has 10 heteroatoms. The molecule has 0 amide bonds. The number of nitrogens with zero attached hydrogens (tertiary/aromatic N) is 4. The topological polar surface area (TPSA) is 81.6 Å². The van der Waals surface area contributed by atoms with Gasteiger partial charge in [0.1, 0.15) is 22.1 Å². The predicted octanol–water partition coefficient (Wildman–Crippen LogP) is 4.44. The maximum atomic E-state index is 6.73. The van der Waals surface area contributed by atoms with Crippen molar-refractivity contribution in [1.29, 1.82) is 0 Å². The summed E-state index contributed by atoms with van der Waals surface area (Å²) in [5.74, 6) is 0.748. The summed E-state index contributed by atoms with van der Waals surface area (Å²) >= 11 is 8.31. The first-order chi connectivity index (χ1) is 15.8. The van der Waals surface area contributed by atoms with Gasteiger partial charge in [0.2, 0.25) is 5.95 Å². The number of fused-ring (bicyclic) bond motifs is 2. The normalized spacial score (nSPS) is 26.0. The van der Waals surface area contributed by atoms with E-state index in [-0.39, 0.29) is 24.2 Å². The minimum atomic E-state index is -0.643. The van der Waals surface area contributed by atoms with Crippen LogP contribution in [0, 0.1) is 5.92 Å². The Morgan fingerprint density at radius 2 is 1.94 bits per heavy atom. The highest BCUT2D eigenvalue weighted by Gasteiger charge is 2.54. The summed E-state index contributed by atoms with van der Waals surface area (Å²) in [5.41, 5.74) is 1.62. The Labute approximate surface area is 202 Å². The highest BCUT2D eigenvalue weighted by Crippen LogP contribution is 2.44. The number of hydrogen-bond donors (Lipinski definition) is 1. The number of ether oxygens (including phenoxy) is 3. The standard InChI is InChI=1S/C23H28ClN5O3S/c1-23(2)31-17-12(11-30-5)10-14(18(17)32-23)25-20-16(19(24)27-22(28-20)29(3)4)21-26-13-8-6-7-9-15(13)33-21/h6-9,12,14,17-18H,10-11H2,1-5H3,(H,25,27,28)/t12-,14-,17-,18+/m1/s1. The zero-order chi connectivity index (χ0) is 23.3. The van der Waals surface area contributed by atoms with E-state index in [1.165, 1.54) is 0 Å². The van der Waals surface area contributed by atoms with Crippen molar-refractivity contribution in [3.05, 3.63) is 29.4 Å². The number of para-hydroxylation sites is 1. The van der Waals surface area contributed by atoms with E-state index in [4.69, 9.17) is 35.8 Å². The van der Waals surface area contributed by atoms with Crippen LogP contribution >= 0.6 is 22.9 Å². The maximum Gasteiger partial charge on any atom is 0.228 e. The molecule has 5 rings (SSSR count). The second-order valence-electron chi connectivity index (χ2n) is 9.19. The third kappa shape index (κ3) is 4.28. The summed E-state index contributed by atoms with van der Waals surface area (Å²) in [6.07, 6.45) is 0.658. The molecule has 1 saturated carbocycles. The third-order valence-electron chi connectivity index (χ3n) is 6.05. The molecule has 1 saturated heterocycles. The van der Waals surface area contributed by atoms with Gasteiger partial charge >= 0.3 is 0 Å². The first-order valence-electron chi connectivity index (χ1n) is 11.0. The molecule has 33 heavy (non-hydrogen) atoms. The van der Waals surface area contributed by atoms with Gasteiger partial charge in [-0.1, -0.05) is 23.7 Å². The van der Waals surface area contributed by atoms with Gasteiger partial charge in [0.25, 0.3) is 0 Å². The molecule has 3 heterocycles. The van der Waals surface area contributed by atoms with Crippen LogP contribution in [0.2, 0.25) is 5.15 Å². The number of methoxy groups -OCH3 is 1. The molecule has 0 spiro atoms. The summed E-state index contributed by atoms with van der Waals surface area (Å²) in [7, 11) is 5.50. The van der Waals surface area contributed by atoms with Crippen molar-refractivity contribution >= 4 is 44.9 Å². The van der Waals surface area contributed by atoms with Crippen molar-refractivity contribution in [2.24, 2.45) is 5.92 Å². The van der Waals surface area contributed by atoms with E-state index in [1.54, 1.807) is 18.4 Å². The average Bonchev–Trinajstić information content (AvgIpc) is 3.40. The molecule has 1 N–H and O–H groups in total. The molecule has 2 aliphatic rings. The molecule has 4 atom stereocenters. The Morgan fingerprint density at radius 1 is 1.18 bits per heavy atom. The van der Waals surface area contributed by atoms with Gasteiger partial charge in [-0.25, -0.2) is 9.97 Å².